The van der Waals surface area contributed by atoms with Crippen LogP contribution in [-0.4, -0.2) is 68.3 Å². The van der Waals surface area contributed by atoms with E-state index < -0.39 is 0 Å². The lowest BCUT2D eigenvalue weighted by molar-refractivity contribution is 0.0295. The number of halogens is 1. The minimum atomic E-state index is 0. The van der Waals surface area contributed by atoms with Crippen LogP contribution in [0.5, 0.6) is 5.75 Å². The molecule has 2 fully saturated rings. The van der Waals surface area contributed by atoms with E-state index in [1.54, 1.807) is 7.11 Å². The van der Waals surface area contributed by atoms with Crippen LogP contribution in [-0.2, 0) is 4.74 Å². The molecule has 1 atom stereocenters. The van der Waals surface area contributed by atoms with Crippen LogP contribution in [0.15, 0.2) is 24.3 Å². The Morgan fingerprint density at radius 3 is 2.56 bits per heavy atom. The van der Waals surface area contributed by atoms with Crippen molar-refractivity contribution >= 4 is 18.3 Å². The Labute approximate surface area is 156 Å². The molecule has 140 valence electrons. The summed E-state index contributed by atoms with van der Waals surface area (Å²) in [5, 5.41) is 0. The van der Waals surface area contributed by atoms with Crippen LogP contribution in [0.3, 0.4) is 0 Å². The van der Waals surface area contributed by atoms with E-state index in [0.717, 1.165) is 70.0 Å². The Bertz CT molecular complexity index is 532. The highest BCUT2D eigenvalue weighted by atomic mass is 35.5. The Balaban J connectivity index is 0.00000225. The van der Waals surface area contributed by atoms with Gasteiger partial charge in [-0.05, 0) is 49.9 Å². The van der Waals surface area contributed by atoms with E-state index in [-0.39, 0.29) is 18.3 Å². The quantitative estimate of drug-likeness (QED) is 0.801. The maximum absolute atomic E-state index is 12.9. The van der Waals surface area contributed by atoms with Gasteiger partial charge in [0.1, 0.15) is 5.75 Å². The number of benzene rings is 1. The molecule has 1 aromatic carbocycles. The van der Waals surface area contributed by atoms with Crippen LogP contribution in [0.4, 0.5) is 0 Å². The third kappa shape index (κ3) is 5.33. The molecule has 2 saturated heterocycles. The van der Waals surface area contributed by atoms with Crippen LogP contribution in [0.2, 0.25) is 0 Å². The SMILES string of the molecule is COc1ccc(C(=O)N2CCCCC2CCN2CCOCC2)cc1.Cl. The zero-order valence-corrected chi connectivity index (χ0v) is 15.8. The molecule has 0 aliphatic carbocycles. The Morgan fingerprint density at radius 2 is 1.88 bits per heavy atom. The molecule has 6 heteroatoms. The second kappa shape index (κ2) is 10.00. The van der Waals surface area contributed by atoms with Crippen molar-refractivity contribution in [3.8, 4) is 5.75 Å². The number of amides is 1. The molecule has 2 aliphatic rings. The molecule has 0 spiro atoms. The van der Waals surface area contributed by atoms with Crippen molar-refractivity contribution in [1.82, 2.24) is 9.80 Å². The summed E-state index contributed by atoms with van der Waals surface area (Å²) in [4.78, 5) is 17.5. The van der Waals surface area contributed by atoms with Crippen molar-refractivity contribution < 1.29 is 14.3 Å². The summed E-state index contributed by atoms with van der Waals surface area (Å²) in [6, 6.07) is 7.82. The van der Waals surface area contributed by atoms with Crippen LogP contribution < -0.4 is 4.74 Å². The van der Waals surface area contributed by atoms with Gasteiger partial charge in [0.25, 0.3) is 5.91 Å². The van der Waals surface area contributed by atoms with Crippen molar-refractivity contribution in [3.63, 3.8) is 0 Å². The molecule has 0 saturated carbocycles. The van der Waals surface area contributed by atoms with Gasteiger partial charge in [-0.3, -0.25) is 9.69 Å². The Kier molecular flexibility index (Phi) is 8.00. The van der Waals surface area contributed by atoms with Gasteiger partial charge in [-0.15, -0.1) is 12.4 Å². The van der Waals surface area contributed by atoms with Crippen molar-refractivity contribution in [2.45, 2.75) is 31.7 Å². The molecule has 1 aromatic rings. The first-order valence-corrected chi connectivity index (χ1v) is 9.03. The van der Waals surface area contributed by atoms with Gasteiger partial charge in [0.05, 0.1) is 20.3 Å². The highest BCUT2D eigenvalue weighted by Gasteiger charge is 2.28. The first kappa shape index (κ1) is 20.0. The zero-order valence-electron chi connectivity index (χ0n) is 15.0. The third-order valence-corrected chi connectivity index (χ3v) is 5.11. The Hall–Kier alpha value is -1.30. The summed E-state index contributed by atoms with van der Waals surface area (Å²) in [5.74, 6) is 0.943. The predicted molar refractivity (Wildman–Crippen MR) is 101 cm³/mol. The number of carbonyl (C=O) groups excluding carboxylic acids is 1. The number of nitrogens with zero attached hydrogens (tertiary/aromatic N) is 2. The van der Waals surface area contributed by atoms with Gasteiger partial charge in [0, 0.05) is 37.8 Å². The number of hydrogen-bond donors (Lipinski definition) is 0. The van der Waals surface area contributed by atoms with E-state index >= 15 is 0 Å². The molecule has 5 nitrogen and oxygen atoms in total. The standard InChI is InChI=1S/C19H28N2O3.ClH/c1-23-18-7-5-16(6-8-18)19(22)21-10-3-2-4-17(21)9-11-20-12-14-24-15-13-20;/h5-8,17H,2-4,9-15H2,1H3;1H. The van der Waals surface area contributed by atoms with E-state index in [4.69, 9.17) is 9.47 Å². The summed E-state index contributed by atoms with van der Waals surface area (Å²) in [6.45, 7) is 5.62. The smallest absolute Gasteiger partial charge is 0.254 e. The number of ether oxygens (including phenoxy) is 2. The van der Waals surface area contributed by atoms with Gasteiger partial charge >= 0.3 is 0 Å². The first-order valence-electron chi connectivity index (χ1n) is 9.03. The lowest BCUT2D eigenvalue weighted by Gasteiger charge is -2.37. The summed E-state index contributed by atoms with van der Waals surface area (Å²) >= 11 is 0. The number of carbonyl (C=O) groups is 1. The average Bonchev–Trinajstić information content (AvgIpc) is 2.67. The zero-order chi connectivity index (χ0) is 16.8. The molecule has 0 aromatic heterocycles. The molecule has 1 amide bonds. The monoisotopic (exact) mass is 368 g/mol. The summed E-state index contributed by atoms with van der Waals surface area (Å²) in [5.41, 5.74) is 0.758. The van der Waals surface area contributed by atoms with E-state index in [9.17, 15) is 4.79 Å². The van der Waals surface area contributed by atoms with Crippen molar-refractivity contribution in [2.75, 3.05) is 46.5 Å². The van der Waals surface area contributed by atoms with E-state index in [1.807, 2.05) is 24.3 Å². The number of rotatable bonds is 5. The third-order valence-electron chi connectivity index (χ3n) is 5.11. The normalized spacial score (nSPS) is 21.5. The second-order valence-electron chi connectivity index (χ2n) is 6.62. The van der Waals surface area contributed by atoms with Crippen LogP contribution in [0, 0.1) is 0 Å². The molecule has 0 radical (unpaired) electrons. The van der Waals surface area contributed by atoms with E-state index in [0.29, 0.717) is 6.04 Å². The van der Waals surface area contributed by atoms with Crippen molar-refractivity contribution in [3.05, 3.63) is 29.8 Å². The minimum Gasteiger partial charge on any atom is -0.497 e. The molecule has 2 heterocycles. The number of likely N-dealkylation sites (tertiary alicyclic amines) is 1. The molecule has 0 N–H and O–H groups in total. The van der Waals surface area contributed by atoms with Crippen molar-refractivity contribution in [2.24, 2.45) is 0 Å². The molecule has 1 unspecified atom stereocenters. The molecule has 3 rings (SSSR count). The minimum absolute atomic E-state index is 0. The summed E-state index contributed by atoms with van der Waals surface area (Å²) in [7, 11) is 1.64. The number of piperidine rings is 1. The van der Waals surface area contributed by atoms with Gasteiger partial charge < -0.3 is 14.4 Å². The van der Waals surface area contributed by atoms with E-state index in [1.165, 1.54) is 6.42 Å². The van der Waals surface area contributed by atoms with E-state index in [2.05, 4.69) is 9.80 Å². The van der Waals surface area contributed by atoms with Crippen LogP contribution in [0.25, 0.3) is 0 Å². The lowest BCUT2D eigenvalue weighted by Crippen LogP contribution is -2.46. The fourth-order valence-electron chi connectivity index (χ4n) is 3.62. The lowest BCUT2D eigenvalue weighted by atomic mass is 9.97. The molecule has 2 aliphatic heterocycles. The van der Waals surface area contributed by atoms with Gasteiger partial charge in [0.2, 0.25) is 0 Å². The van der Waals surface area contributed by atoms with Gasteiger partial charge in [-0.1, -0.05) is 0 Å². The topological polar surface area (TPSA) is 42.0 Å². The van der Waals surface area contributed by atoms with Crippen LogP contribution in [0.1, 0.15) is 36.0 Å². The van der Waals surface area contributed by atoms with Gasteiger partial charge in [0.15, 0.2) is 0 Å². The van der Waals surface area contributed by atoms with Gasteiger partial charge in [-0.2, -0.15) is 0 Å². The molecular weight excluding hydrogens is 340 g/mol. The predicted octanol–water partition coefficient (Wildman–Crippen LogP) is 2.83. The molecule has 0 bridgehead atoms. The number of morpholine rings is 1. The molecule has 25 heavy (non-hydrogen) atoms. The largest absolute Gasteiger partial charge is 0.497 e. The van der Waals surface area contributed by atoms with Crippen LogP contribution >= 0.6 is 12.4 Å². The maximum atomic E-state index is 12.9. The van der Waals surface area contributed by atoms with Gasteiger partial charge in [-0.25, -0.2) is 0 Å². The summed E-state index contributed by atoms with van der Waals surface area (Å²) < 4.78 is 10.6. The fourth-order valence-corrected chi connectivity index (χ4v) is 3.62. The Morgan fingerprint density at radius 1 is 1.16 bits per heavy atom. The second-order valence-corrected chi connectivity index (χ2v) is 6.62. The summed E-state index contributed by atoms with van der Waals surface area (Å²) in [6.07, 6.45) is 4.50. The number of methoxy groups -OCH3 is 1. The maximum Gasteiger partial charge on any atom is 0.254 e. The average molecular weight is 369 g/mol. The molecular formula is C19H29ClN2O3. The highest BCUT2D eigenvalue weighted by Crippen LogP contribution is 2.23. The number of hydrogen-bond acceptors (Lipinski definition) is 4. The first-order chi connectivity index (χ1) is 11.8. The van der Waals surface area contributed by atoms with Crippen molar-refractivity contribution in [1.29, 1.82) is 0 Å². The fraction of sp³-hybridized carbons (Fsp3) is 0.632. The highest BCUT2D eigenvalue weighted by molar-refractivity contribution is 5.94.